The first-order valence-corrected chi connectivity index (χ1v) is 0. The minimum Gasteiger partial charge on any atom is -2.00 e. The Morgan fingerprint density at radius 2 is 0.273 bits per heavy atom. The third-order valence-corrected chi connectivity index (χ3v) is 0. The zero-order valence-corrected chi connectivity index (χ0v) is 43.8. The summed E-state index contributed by atoms with van der Waals surface area (Å²) in [5.41, 5.74) is 0. The maximum absolute atomic E-state index is 0. The first kappa shape index (κ1) is 75.7. The van der Waals surface area contributed by atoms with Crippen LogP contribution in [0.2, 0.25) is 0 Å². The Labute approximate surface area is 405 Å². The van der Waals surface area contributed by atoms with Gasteiger partial charge in [0.05, 0.1) is 0 Å². The molecule has 1 nitrogen and oxygen atoms in total. The van der Waals surface area contributed by atoms with Crippen molar-refractivity contribution >= 4 is 0 Å². The van der Waals surface area contributed by atoms with E-state index >= 15 is 0 Å². The number of rotatable bonds is 0. The molecule has 0 aromatic heterocycles. The third-order valence-electron chi connectivity index (χ3n) is 0. The Hall–Kier alpha value is 12.7. The molecule has 0 saturated carbocycles. The largest absolute Gasteiger partial charge is 2.00 e. The second kappa shape index (κ2) is 66.3. The molecule has 40 valence electrons. The van der Waals surface area contributed by atoms with Crippen LogP contribution in [-0.2, 0) is 5.48 Å². The van der Waals surface area contributed by atoms with E-state index in [4.69, 9.17) is 0 Å². The molecule has 0 amide bonds. The minimum atomic E-state index is 0. The monoisotopic (exact) mass is 841 g/mol. The van der Waals surface area contributed by atoms with Gasteiger partial charge in [-0.2, -0.15) is 0 Å². The smallest absolute Gasteiger partial charge is 1.00 e. The predicted octanol–water partition coefficient (Wildman–Crippen LogP) is -30.1. The van der Waals surface area contributed by atoms with Gasteiger partial charge in [0, 0.05) is 0 Å². The minimum absolute atomic E-state index is 0. The topological polar surface area (TPSA) is 28.5 Å². The van der Waals surface area contributed by atoms with Crippen molar-refractivity contribution in [3.63, 3.8) is 0 Å². The zero-order chi connectivity index (χ0) is 0. The summed E-state index contributed by atoms with van der Waals surface area (Å²) in [6, 6.07) is 0. The predicted molar refractivity (Wildman–Crippen MR) is 0.686 cm³/mol. The van der Waals surface area contributed by atoms with Crippen LogP contribution in [0.1, 0.15) is 0 Å². The van der Waals surface area contributed by atoms with Crippen LogP contribution in [0, 0.1) is 0 Å². The molecule has 0 bridgehead atoms. The van der Waals surface area contributed by atoms with Gasteiger partial charge in [-0.15, -0.1) is 0 Å². The quantitative estimate of drug-likeness (QED) is 0.232. The molecule has 0 saturated heterocycles. The Kier molecular flexibility index (Phi) is 456. The fourth-order valence-corrected chi connectivity index (χ4v) is 0. The summed E-state index contributed by atoms with van der Waals surface area (Å²) < 4.78 is 0. The Morgan fingerprint density at radius 1 is 0.273 bits per heavy atom. The van der Waals surface area contributed by atoms with Gasteiger partial charge in [0.25, 0.3) is 0 Å². The molecular formula is Br4ORb6. The maximum atomic E-state index is 0. The van der Waals surface area contributed by atoms with Crippen LogP contribution in [0.15, 0.2) is 0 Å². The summed E-state index contributed by atoms with van der Waals surface area (Å²) in [7, 11) is 0. The van der Waals surface area contributed by atoms with E-state index in [1.807, 2.05) is 0 Å². The van der Waals surface area contributed by atoms with E-state index < -0.39 is 0 Å². The molecule has 0 N–H and O–H groups in total. The molecule has 0 aromatic rings. The zero-order valence-electron chi connectivity index (χ0n) is 7.92. The van der Waals surface area contributed by atoms with E-state index in [-0.39, 0.29) is 423 Å². The fraction of sp³-hybridized carbons (Fsp3) is 0. The summed E-state index contributed by atoms with van der Waals surface area (Å²) in [4.78, 5) is 0. The van der Waals surface area contributed by atoms with Crippen molar-refractivity contribution in [2.75, 3.05) is 0 Å². The van der Waals surface area contributed by atoms with Crippen LogP contribution in [0.4, 0.5) is 0 Å². The van der Waals surface area contributed by atoms with Crippen molar-refractivity contribution in [2.24, 2.45) is 0 Å². The summed E-state index contributed by atoms with van der Waals surface area (Å²) in [5.74, 6) is 0. The van der Waals surface area contributed by atoms with E-state index in [2.05, 4.69) is 0 Å². The number of hydrogen-bond acceptors (Lipinski definition) is 0. The van der Waals surface area contributed by atoms with Gasteiger partial charge in [-0.3, -0.25) is 0 Å². The van der Waals surface area contributed by atoms with Crippen LogP contribution in [-0.4, -0.2) is 0 Å². The summed E-state index contributed by atoms with van der Waals surface area (Å²) >= 11 is 0. The SMILES string of the molecule is [Br-].[Br-].[Br-].[Br-].[O-2].[Rb+].[Rb+].[Rb+].[Rb+].[Rb+].[Rb+]. The van der Waals surface area contributed by atoms with Gasteiger partial charge < -0.3 is 73.4 Å². The molecular weight excluding hydrogens is 848 g/mol. The molecule has 0 radical (unpaired) electrons. The second-order valence-electron chi connectivity index (χ2n) is 0. The van der Waals surface area contributed by atoms with Crippen molar-refractivity contribution in [3.05, 3.63) is 0 Å². The van der Waals surface area contributed by atoms with Gasteiger partial charge in [-0.25, -0.2) is 0 Å². The Morgan fingerprint density at radius 3 is 0.273 bits per heavy atom. The molecule has 0 spiro atoms. The van der Waals surface area contributed by atoms with Gasteiger partial charge in [0.1, 0.15) is 0 Å². The summed E-state index contributed by atoms with van der Waals surface area (Å²) in [5, 5.41) is 0. The average molecular weight is 848 g/mol. The normalized spacial score (nSPS) is 0. The van der Waals surface area contributed by atoms with Gasteiger partial charge in [-0.05, 0) is 0 Å². The molecule has 0 heterocycles. The van der Waals surface area contributed by atoms with Gasteiger partial charge in [0.15, 0.2) is 0 Å². The van der Waals surface area contributed by atoms with Crippen molar-refractivity contribution in [2.45, 2.75) is 0 Å². The summed E-state index contributed by atoms with van der Waals surface area (Å²) in [6.07, 6.45) is 0. The Bertz CT molecular complexity index is 14.5. The molecule has 0 unspecified atom stereocenters. The average Bonchev–Trinajstić information content (AvgIpc) is 0. The number of halogens is 4. The van der Waals surface area contributed by atoms with Crippen molar-refractivity contribution in [1.82, 2.24) is 0 Å². The van der Waals surface area contributed by atoms with E-state index in [0.29, 0.717) is 0 Å². The van der Waals surface area contributed by atoms with E-state index in [1.54, 1.807) is 0 Å². The molecule has 0 rings (SSSR count). The molecule has 0 aliphatic carbocycles. The molecule has 0 aliphatic heterocycles. The second-order valence-corrected chi connectivity index (χ2v) is 0. The standard InChI is InChI=1S/4BrH.O.6Rb/h4*1H;;;;;;;/q;;;;-2;6*+1/p-4. The molecule has 11 heteroatoms. The van der Waals surface area contributed by atoms with Gasteiger partial charge in [-0.1, -0.05) is 0 Å². The molecule has 0 atom stereocenters. The van der Waals surface area contributed by atoms with E-state index in [1.165, 1.54) is 0 Å². The van der Waals surface area contributed by atoms with Crippen LogP contribution in [0.5, 0.6) is 0 Å². The molecule has 0 fully saturated rings. The fourth-order valence-electron chi connectivity index (χ4n) is 0. The molecule has 0 aliphatic rings. The van der Waals surface area contributed by atoms with Gasteiger partial charge in [0.2, 0.25) is 0 Å². The van der Waals surface area contributed by atoms with Crippen LogP contribution in [0.3, 0.4) is 0 Å². The maximum Gasteiger partial charge on any atom is 1.00 e. The van der Waals surface area contributed by atoms with E-state index in [0.717, 1.165) is 0 Å². The molecule has 11 heavy (non-hydrogen) atoms. The van der Waals surface area contributed by atoms with Crippen molar-refractivity contribution < 1.29 is 423 Å². The van der Waals surface area contributed by atoms with Crippen molar-refractivity contribution in [3.8, 4) is 0 Å². The van der Waals surface area contributed by atoms with Crippen LogP contribution < -0.4 is 417 Å². The first-order valence-electron chi connectivity index (χ1n) is 0. The molecule has 0 aromatic carbocycles. The van der Waals surface area contributed by atoms with Crippen LogP contribution >= 0.6 is 0 Å². The third kappa shape index (κ3) is 60.3. The van der Waals surface area contributed by atoms with Crippen molar-refractivity contribution in [1.29, 1.82) is 0 Å². The Balaban J connectivity index is 0. The van der Waals surface area contributed by atoms with Gasteiger partial charge >= 0.3 is 349 Å². The van der Waals surface area contributed by atoms with E-state index in [9.17, 15) is 0 Å². The van der Waals surface area contributed by atoms with Crippen LogP contribution in [0.25, 0.3) is 0 Å². The first-order chi connectivity index (χ1) is 0. The summed E-state index contributed by atoms with van der Waals surface area (Å²) in [6.45, 7) is 0. The number of hydrogen-bond donors (Lipinski definition) is 0.